The van der Waals surface area contributed by atoms with E-state index in [1.54, 1.807) is 21.7 Å². The van der Waals surface area contributed by atoms with Crippen LogP contribution in [0, 0.1) is 23.0 Å². The summed E-state index contributed by atoms with van der Waals surface area (Å²) in [5, 5.41) is 18.3. The molecule has 2 amide bonds. The van der Waals surface area contributed by atoms with Gasteiger partial charge in [-0.05, 0) is 24.6 Å². The lowest BCUT2D eigenvalue weighted by molar-refractivity contribution is -0.384. The second-order valence-corrected chi connectivity index (χ2v) is 9.24. The van der Waals surface area contributed by atoms with Crippen LogP contribution in [0.3, 0.4) is 0 Å². The second kappa shape index (κ2) is 10.2. The van der Waals surface area contributed by atoms with Crippen molar-refractivity contribution in [2.45, 2.75) is 26.4 Å². The molecule has 2 aromatic carbocycles. The number of nitro benzene ring substituents is 1. The van der Waals surface area contributed by atoms with Gasteiger partial charge in [-0.1, -0.05) is 29.8 Å². The van der Waals surface area contributed by atoms with Gasteiger partial charge in [-0.15, -0.1) is 0 Å². The predicted octanol–water partition coefficient (Wildman–Crippen LogP) is 2.03. The van der Waals surface area contributed by atoms with Gasteiger partial charge in [-0.2, -0.15) is 5.10 Å². The maximum Gasteiger partial charge on any atom is 0.269 e. The molecule has 0 aliphatic carbocycles. The molecule has 194 valence electrons. The number of anilines is 1. The number of aromatic nitrogens is 4. The lowest BCUT2D eigenvalue weighted by Gasteiger charge is -2.17. The highest BCUT2D eigenvalue weighted by molar-refractivity contribution is 6.00. The average Bonchev–Trinajstić information content (AvgIpc) is 3.50. The van der Waals surface area contributed by atoms with E-state index in [0.717, 1.165) is 16.8 Å². The Bertz CT molecular complexity index is 1570. The van der Waals surface area contributed by atoms with Gasteiger partial charge in [0.05, 0.1) is 30.1 Å². The normalized spacial score (nSPS) is 15.2. The van der Waals surface area contributed by atoms with Crippen molar-refractivity contribution in [3.05, 3.63) is 92.7 Å². The van der Waals surface area contributed by atoms with E-state index in [-0.39, 0.29) is 42.6 Å². The number of nitrogens with zero attached hydrogens (tertiary/aromatic N) is 6. The molecular weight excluding hydrogens is 490 g/mol. The molecular formula is C26H25N7O5. The van der Waals surface area contributed by atoms with Gasteiger partial charge in [0.25, 0.3) is 11.2 Å². The van der Waals surface area contributed by atoms with Crippen molar-refractivity contribution in [3.63, 3.8) is 0 Å². The van der Waals surface area contributed by atoms with Crippen molar-refractivity contribution >= 4 is 34.2 Å². The topological polar surface area (TPSA) is 145 Å². The number of benzene rings is 2. The number of nitro groups is 1. The highest BCUT2D eigenvalue weighted by Crippen LogP contribution is 2.25. The first-order chi connectivity index (χ1) is 18.3. The van der Waals surface area contributed by atoms with Crippen molar-refractivity contribution in [2.24, 2.45) is 5.92 Å². The van der Waals surface area contributed by atoms with Crippen LogP contribution in [0.25, 0.3) is 11.0 Å². The summed E-state index contributed by atoms with van der Waals surface area (Å²) in [5.41, 5.74) is 2.68. The molecule has 3 heterocycles. The minimum atomic E-state index is -0.478. The van der Waals surface area contributed by atoms with Crippen molar-refractivity contribution < 1.29 is 14.5 Å². The summed E-state index contributed by atoms with van der Waals surface area (Å²) in [5.74, 6) is -0.730. The summed E-state index contributed by atoms with van der Waals surface area (Å²) in [6.07, 6.45) is 3.00. The predicted molar refractivity (Wildman–Crippen MR) is 139 cm³/mol. The number of nitrogens with one attached hydrogen (secondary N) is 1. The maximum absolute atomic E-state index is 12.9. The van der Waals surface area contributed by atoms with Gasteiger partial charge in [-0.3, -0.25) is 29.1 Å². The van der Waals surface area contributed by atoms with Gasteiger partial charge in [0.2, 0.25) is 11.8 Å². The molecule has 1 saturated heterocycles. The Hall–Kier alpha value is -4.87. The monoisotopic (exact) mass is 515 g/mol. The zero-order valence-electron chi connectivity index (χ0n) is 20.6. The summed E-state index contributed by atoms with van der Waals surface area (Å²) in [6, 6.07) is 13.6. The Kier molecular flexibility index (Phi) is 6.69. The van der Waals surface area contributed by atoms with Crippen LogP contribution in [0.5, 0.6) is 0 Å². The molecule has 0 radical (unpaired) electrons. The van der Waals surface area contributed by atoms with Crippen molar-refractivity contribution in [1.82, 2.24) is 24.6 Å². The lowest BCUT2D eigenvalue weighted by Crippen LogP contribution is -2.35. The van der Waals surface area contributed by atoms with E-state index in [1.165, 1.54) is 29.2 Å². The molecule has 1 aliphatic rings. The van der Waals surface area contributed by atoms with Gasteiger partial charge in [-0.25, -0.2) is 9.67 Å². The van der Waals surface area contributed by atoms with Gasteiger partial charge >= 0.3 is 0 Å². The summed E-state index contributed by atoms with van der Waals surface area (Å²) < 4.78 is 2.96. The first-order valence-corrected chi connectivity index (χ1v) is 12.1. The molecule has 0 saturated carbocycles. The lowest BCUT2D eigenvalue weighted by atomic mass is 10.1. The molecule has 1 N–H and O–H groups in total. The number of carbonyl (C=O) groups is 2. The van der Waals surface area contributed by atoms with Crippen molar-refractivity contribution in [1.29, 1.82) is 0 Å². The fourth-order valence-corrected chi connectivity index (χ4v) is 4.48. The summed E-state index contributed by atoms with van der Waals surface area (Å²) in [6.45, 7) is 3.07. The largest absolute Gasteiger partial charge is 0.354 e. The third-order valence-corrected chi connectivity index (χ3v) is 6.59. The standard InChI is InChI=1S/C26H25N7O5/c1-17-2-6-20(7-3-17)31-15-19(12-23(31)34)25(35)27-10-11-32-24-22(13-29-32)26(36)30(16-28-24)14-18-4-8-21(9-5-18)33(37)38/h2-9,13,16,19H,10-12,14-15H2,1H3,(H,27,35). The fraction of sp³-hybridized carbons (Fsp3) is 0.269. The Balaban J connectivity index is 1.19. The zero-order valence-corrected chi connectivity index (χ0v) is 20.6. The minimum Gasteiger partial charge on any atom is -0.354 e. The quantitative estimate of drug-likeness (QED) is 0.279. The number of rotatable bonds is 8. The fourth-order valence-electron chi connectivity index (χ4n) is 4.48. The van der Waals surface area contributed by atoms with Crippen LogP contribution in [0.15, 0.2) is 65.8 Å². The van der Waals surface area contributed by atoms with E-state index in [1.807, 2.05) is 31.2 Å². The van der Waals surface area contributed by atoms with Gasteiger partial charge in [0.1, 0.15) is 11.7 Å². The number of non-ortho nitro benzene ring substituents is 1. The van der Waals surface area contributed by atoms with Gasteiger partial charge < -0.3 is 10.2 Å². The van der Waals surface area contributed by atoms with Crippen molar-refractivity contribution in [3.8, 4) is 0 Å². The van der Waals surface area contributed by atoms with Gasteiger partial charge in [0, 0.05) is 37.3 Å². The smallest absolute Gasteiger partial charge is 0.269 e. The SMILES string of the molecule is Cc1ccc(N2CC(C(=O)NCCn3ncc4c(=O)n(Cc5ccc([N+](=O)[O-])cc5)cnc43)CC2=O)cc1. The molecule has 12 nitrogen and oxygen atoms in total. The molecule has 38 heavy (non-hydrogen) atoms. The van der Waals surface area contributed by atoms with Crippen LogP contribution in [0.2, 0.25) is 0 Å². The third-order valence-electron chi connectivity index (χ3n) is 6.59. The molecule has 1 aliphatic heterocycles. The van der Waals surface area contributed by atoms with E-state index >= 15 is 0 Å². The van der Waals surface area contributed by atoms with Crippen LogP contribution >= 0.6 is 0 Å². The Morgan fingerprint density at radius 1 is 1.13 bits per heavy atom. The third kappa shape index (κ3) is 5.01. The van der Waals surface area contributed by atoms with Crippen LogP contribution in [0.1, 0.15) is 17.5 Å². The molecule has 12 heteroatoms. The number of fused-ring (bicyclic) bond motifs is 1. The van der Waals surface area contributed by atoms with Crippen LogP contribution < -0.4 is 15.8 Å². The first kappa shape index (κ1) is 24.8. The number of aryl methyl sites for hydroxylation is 1. The van der Waals surface area contributed by atoms with E-state index in [4.69, 9.17) is 0 Å². The maximum atomic E-state index is 12.9. The Labute approximate surface area is 216 Å². The summed E-state index contributed by atoms with van der Waals surface area (Å²) in [7, 11) is 0. The molecule has 1 unspecified atom stereocenters. The minimum absolute atomic E-state index is 0.0221. The van der Waals surface area contributed by atoms with E-state index < -0.39 is 10.8 Å². The highest BCUT2D eigenvalue weighted by Gasteiger charge is 2.34. The zero-order chi connectivity index (χ0) is 26.8. The first-order valence-electron chi connectivity index (χ1n) is 12.1. The molecule has 1 atom stereocenters. The van der Waals surface area contributed by atoms with Crippen molar-refractivity contribution in [2.75, 3.05) is 18.0 Å². The molecule has 2 aromatic heterocycles. The van der Waals surface area contributed by atoms with E-state index in [0.29, 0.717) is 24.1 Å². The molecule has 0 spiro atoms. The molecule has 0 bridgehead atoms. The van der Waals surface area contributed by atoms with Crippen LogP contribution in [-0.4, -0.2) is 49.2 Å². The number of hydrogen-bond acceptors (Lipinski definition) is 7. The average molecular weight is 516 g/mol. The van der Waals surface area contributed by atoms with E-state index in [9.17, 15) is 24.5 Å². The molecule has 5 rings (SSSR count). The van der Waals surface area contributed by atoms with Gasteiger partial charge in [0.15, 0.2) is 5.65 Å². The van der Waals surface area contributed by atoms with Crippen LogP contribution in [-0.2, 0) is 22.7 Å². The van der Waals surface area contributed by atoms with E-state index in [2.05, 4.69) is 15.4 Å². The van der Waals surface area contributed by atoms with Crippen LogP contribution in [0.4, 0.5) is 11.4 Å². The number of carbonyl (C=O) groups excluding carboxylic acids is 2. The second-order valence-electron chi connectivity index (χ2n) is 9.24. The number of amides is 2. The highest BCUT2D eigenvalue weighted by atomic mass is 16.6. The molecule has 1 fully saturated rings. The summed E-state index contributed by atoms with van der Waals surface area (Å²) in [4.78, 5) is 54.5. The summed E-state index contributed by atoms with van der Waals surface area (Å²) >= 11 is 0. The number of hydrogen-bond donors (Lipinski definition) is 1. The molecule has 4 aromatic rings. The Morgan fingerprint density at radius 2 is 1.87 bits per heavy atom. The Morgan fingerprint density at radius 3 is 2.58 bits per heavy atom.